The lowest BCUT2D eigenvalue weighted by atomic mass is 10.3. The van der Waals surface area contributed by atoms with Gasteiger partial charge in [-0.25, -0.2) is 9.97 Å². The zero-order valence-corrected chi connectivity index (χ0v) is 7.04. The van der Waals surface area contributed by atoms with E-state index in [0.29, 0.717) is 16.9 Å². The molecular weight excluding hydrogens is 184 g/mol. The van der Waals surface area contributed by atoms with Crippen LogP contribution in [0.2, 0.25) is 0 Å². The number of nitrogens with two attached hydrogens (primary N) is 1. The minimum Gasteiger partial charge on any atom is -0.384 e. The second-order valence-electron chi connectivity index (χ2n) is 2.73. The van der Waals surface area contributed by atoms with Crippen LogP contribution in [0.1, 0.15) is 0 Å². The fourth-order valence-electron chi connectivity index (χ4n) is 1.11. The molecule has 0 unspecified atom stereocenters. The van der Waals surface area contributed by atoms with E-state index in [4.69, 9.17) is 5.73 Å². The molecule has 2 heterocycles. The van der Waals surface area contributed by atoms with Gasteiger partial charge in [-0.15, -0.1) is 0 Å². The Balaban J connectivity index is 2.67. The van der Waals surface area contributed by atoms with Crippen molar-refractivity contribution in [3.05, 3.63) is 34.5 Å². The van der Waals surface area contributed by atoms with Gasteiger partial charge in [-0.1, -0.05) is 0 Å². The minimum absolute atomic E-state index is 0.0518. The summed E-state index contributed by atoms with van der Waals surface area (Å²) in [5, 5.41) is 11.0. The average molecular weight is 190 g/mol. The number of rotatable bonds is 1. The van der Waals surface area contributed by atoms with Crippen molar-refractivity contribution in [2.24, 2.45) is 0 Å². The molecule has 2 aromatic rings. The van der Waals surface area contributed by atoms with Crippen LogP contribution in [0.4, 0.5) is 11.5 Å². The Labute approximate surface area is 78.5 Å². The van der Waals surface area contributed by atoms with Gasteiger partial charge in [0.15, 0.2) is 5.65 Å². The molecule has 0 spiro atoms. The van der Waals surface area contributed by atoms with Crippen LogP contribution < -0.4 is 5.73 Å². The molecule has 0 saturated heterocycles. The first-order chi connectivity index (χ1) is 6.66. The molecule has 0 aromatic carbocycles. The maximum Gasteiger partial charge on any atom is 0.288 e. The summed E-state index contributed by atoms with van der Waals surface area (Å²) < 4.78 is 0. The van der Waals surface area contributed by atoms with Gasteiger partial charge in [0.2, 0.25) is 0 Å². The molecule has 0 atom stereocenters. The highest BCUT2D eigenvalue weighted by Gasteiger charge is 2.07. The Bertz CT molecular complexity index is 512. The van der Waals surface area contributed by atoms with Crippen LogP contribution in [0, 0.1) is 10.1 Å². The van der Waals surface area contributed by atoms with Crippen LogP contribution in [0.25, 0.3) is 11.0 Å². The van der Waals surface area contributed by atoms with Crippen LogP contribution in [0.3, 0.4) is 0 Å². The summed E-state index contributed by atoms with van der Waals surface area (Å²) in [4.78, 5) is 17.7. The van der Waals surface area contributed by atoms with Crippen LogP contribution in [-0.2, 0) is 0 Å². The zero-order valence-electron chi connectivity index (χ0n) is 7.04. The molecule has 2 aromatic heterocycles. The van der Waals surface area contributed by atoms with E-state index in [2.05, 4.69) is 9.97 Å². The van der Waals surface area contributed by atoms with Crippen molar-refractivity contribution in [3.63, 3.8) is 0 Å². The van der Waals surface area contributed by atoms with E-state index in [1.165, 1.54) is 6.07 Å². The molecule has 0 bridgehead atoms. The molecule has 0 saturated carbocycles. The summed E-state index contributed by atoms with van der Waals surface area (Å²) in [6.07, 6.45) is 1.16. The maximum atomic E-state index is 10.4. The van der Waals surface area contributed by atoms with Crippen molar-refractivity contribution in [2.75, 3.05) is 5.73 Å². The SMILES string of the molecule is Nc1ccc2cc([N+](=O)[O-])cnc2n1. The van der Waals surface area contributed by atoms with E-state index in [-0.39, 0.29) is 5.69 Å². The second kappa shape index (κ2) is 2.91. The van der Waals surface area contributed by atoms with Crippen molar-refractivity contribution in [1.29, 1.82) is 0 Å². The molecule has 2 rings (SSSR count). The number of nitrogens with zero attached hydrogens (tertiary/aromatic N) is 3. The quantitative estimate of drug-likeness (QED) is 0.537. The molecule has 6 nitrogen and oxygen atoms in total. The molecule has 0 aliphatic carbocycles. The van der Waals surface area contributed by atoms with Crippen LogP contribution >= 0.6 is 0 Å². The number of nitro groups is 1. The molecular formula is C8H6N4O2. The molecule has 0 radical (unpaired) electrons. The first-order valence-corrected chi connectivity index (χ1v) is 3.83. The van der Waals surface area contributed by atoms with Crippen molar-refractivity contribution in [3.8, 4) is 0 Å². The van der Waals surface area contributed by atoms with Crippen LogP contribution in [0.5, 0.6) is 0 Å². The number of hydrogen-bond donors (Lipinski definition) is 1. The smallest absolute Gasteiger partial charge is 0.288 e. The van der Waals surface area contributed by atoms with Gasteiger partial charge < -0.3 is 5.73 Å². The topological polar surface area (TPSA) is 94.9 Å². The van der Waals surface area contributed by atoms with Crippen molar-refractivity contribution in [1.82, 2.24) is 9.97 Å². The van der Waals surface area contributed by atoms with E-state index in [1.54, 1.807) is 12.1 Å². The Morgan fingerprint density at radius 3 is 2.93 bits per heavy atom. The molecule has 0 fully saturated rings. The van der Waals surface area contributed by atoms with Crippen LogP contribution in [0.15, 0.2) is 24.4 Å². The third kappa shape index (κ3) is 1.33. The Kier molecular flexibility index (Phi) is 1.74. The van der Waals surface area contributed by atoms with Gasteiger partial charge in [0.1, 0.15) is 12.0 Å². The number of anilines is 1. The lowest BCUT2D eigenvalue weighted by molar-refractivity contribution is -0.385. The molecule has 70 valence electrons. The predicted molar refractivity (Wildman–Crippen MR) is 50.6 cm³/mol. The number of hydrogen-bond acceptors (Lipinski definition) is 5. The van der Waals surface area contributed by atoms with E-state index >= 15 is 0 Å². The van der Waals surface area contributed by atoms with Crippen molar-refractivity contribution < 1.29 is 4.92 Å². The number of fused-ring (bicyclic) bond motifs is 1. The van der Waals surface area contributed by atoms with Gasteiger partial charge in [0.05, 0.1) is 4.92 Å². The van der Waals surface area contributed by atoms with E-state index < -0.39 is 4.92 Å². The highest BCUT2D eigenvalue weighted by atomic mass is 16.6. The first kappa shape index (κ1) is 8.36. The summed E-state index contributed by atoms with van der Waals surface area (Å²) in [5.74, 6) is 0.346. The summed E-state index contributed by atoms with van der Waals surface area (Å²) in [7, 11) is 0. The molecule has 14 heavy (non-hydrogen) atoms. The van der Waals surface area contributed by atoms with Crippen molar-refractivity contribution in [2.45, 2.75) is 0 Å². The lowest BCUT2D eigenvalue weighted by Gasteiger charge is -1.96. The largest absolute Gasteiger partial charge is 0.384 e. The highest BCUT2D eigenvalue weighted by molar-refractivity contribution is 5.78. The number of nitrogen functional groups attached to an aromatic ring is 1. The van der Waals surface area contributed by atoms with Gasteiger partial charge in [0.25, 0.3) is 5.69 Å². The Morgan fingerprint density at radius 2 is 2.21 bits per heavy atom. The summed E-state index contributed by atoms with van der Waals surface area (Å²) in [6.45, 7) is 0. The molecule has 6 heteroatoms. The summed E-state index contributed by atoms with van der Waals surface area (Å²) in [6, 6.07) is 4.64. The van der Waals surface area contributed by atoms with Gasteiger partial charge in [-0.3, -0.25) is 10.1 Å². The Morgan fingerprint density at radius 1 is 1.43 bits per heavy atom. The Hall–Kier alpha value is -2.24. The molecule has 0 amide bonds. The highest BCUT2D eigenvalue weighted by Crippen LogP contribution is 2.17. The van der Waals surface area contributed by atoms with Crippen LogP contribution in [-0.4, -0.2) is 14.9 Å². The maximum absolute atomic E-state index is 10.4. The number of pyridine rings is 2. The lowest BCUT2D eigenvalue weighted by Crippen LogP contribution is -1.93. The fourth-order valence-corrected chi connectivity index (χ4v) is 1.11. The third-order valence-electron chi connectivity index (χ3n) is 1.76. The predicted octanol–water partition coefficient (Wildman–Crippen LogP) is 1.12. The normalized spacial score (nSPS) is 10.3. The van der Waals surface area contributed by atoms with Gasteiger partial charge in [-0.05, 0) is 12.1 Å². The van der Waals surface area contributed by atoms with Gasteiger partial charge >= 0.3 is 0 Å². The zero-order chi connectivity index (χ0) is 10.1. The third-order valence-corrected chi connectivity index (χ3v) is 1.76. The minimum atomic E-state index is -0.497. The van der Waals surface area contributed by atoms with E-state index in [9.17, 15) is 10.1 Å². The first-order valence-electron chi connectivity index (χ1n) is 3.83. The average Bonchev–Trinajstić information content (AvgIpc) is 2.16. The number of aromatic nitrogens is 2. The van der Waals surface area contributed by atoms with E-state index in [1.807, 2.05) is 0 Å². The summed E-state index contributed by atoms with van der Waals surface area (Å²) in [5.41, 5.74) is 5.80. The molecule has 2 N–H and O–H groups in total. The molecule has 0 aliphatic heterocycles. The molecule has 0 aliphatic rings. The van der Waals surface area contributed by atoms with E-state index in [0.717, 1.165) is 6.20 Å². The van der Waals surface area contributed by atoms with Gasteiger partial charge in [0, 0.05) is 11.5 Å². The fraction of sp³-hybridized carbons (Fsp3) is 0. The standard InChI is InChI=1S/C8H6N4O2/c9-7-2-1-5-3-6(12(13)14)4-10-8(5)11-7/h1-4H,(H2,9,10,11). The monoisotopic (exact) mass is 190 g/mol. The summed E-state index contributed by atoms with van der Waals surface area (Å²) >= 11 is 0. The van der Waals surface area contributed by atoms with Crippen molar-refractivity contribution >= 4 is 22.5 Å². The van der Waals surface area contributed by atoms with Gasteiger partial charge in [-0.2, -0.15) is 0 Å². The second-order valence-corrected chi connectivity index (χ2v) is 2.73.